The van der Waals surface area contributed by atoms with Crippen LogP contribution in [0.5, 0.6) is 0 Å². The summed E-state index contributed by atoms with van der Waals surface area (Å²) in [7, 11) is 0. The van der Waals surface area contributed by atoms with Crippen LogP contribution in [0.15, 0.2) is 12.2 Å². The van der Waals surface area contributed by atoms with Gasteiger partial charge in [-0.15, -0.1) is 0 Å². The number of hydrogen-bond donors (Lipinski definition) is 7. The largest absolute Gasteiger partial charge is 0.457 e. The Morgan fingerprint density at radius 1 is 0.696 bits per heavy atom. The monoisotopic (exact) mass is 666 g/mol. The molecule has 2 aliphatic rings. The van der Waals surface area contributed by atoms with Gasteiger partial charge in [0.05, 0.1) is 26.4 Å². The topological polar surface area (TPSA) is 214 Å². The summed E-state index contributed by atoms with van der Waals surface area (Å²) in [6.07, 6.45) is -0.0979. The molecule has 0 radical (unpaired) electrons. The van der Waals surface area contributed by atoms with E-state index >= 15 is 0 Å². The summed E-state index contributed by atoms with van der Waals surface area (Å²) in [6, 6.07) is 0. The minimum absolute atomic E-state index is 0.0494. The van der Waals surface area contributed by atoms with Gasteiger partial charge in [0.1, 0.15) is 54.9 Å². The molecule has 46 heavy (non-hydrogen) atoms. The second-order valence-corrected chi connectivity index (χ2v) is 11.9. The van der Waals surface area contributed by atoms with Gasteiger partial charge in [-0.1, -0.05) is 64.5 Å². The highest BCUT2D eigenvalue weighted by Crippen LogP contribution is 2.26. The molecule has 2 heterocycles. The zero-order valence-electron chi connectivity index (χ0n) is 27.3. The number of allylic oxidation sites excluding steroid dienone is 2. The van der Waals surface area contributed by atoms with E-state index in [-0.39, 0.29) is 19.6 Å². The first-order valence-electron chi connectivity index (χ1n) is 16.8. The van der Waals surface area contributed by atoms with Crippen LogP contribution in [0.3, 0.4) is 0 Å². The number of esters is 1. The molecule has 0 aromatic heterocycles. The van der Waals surface area contributed by atoms with Crippen LogP contribution in [-0.4, -0.2) is 142 Å². The molecule has 0 aliphatic carbocycles. The van der Waals surface area contributed by atoms with Crippen molar-refractivity contribution in [2.24, 2.45) is 0 Å². The van der Waals surface area contributed by atoms with Gasteiger partial charge in [-0.3, -0.25) is 4.79 Å². The van der Waals surface area contributed by atoms with Gasteiger partial charge in [0.2, 0.25) is 0 Å². The maximum Gasteiger partial charge on any atom is 0.305 e. The Bertz CT molecular complexity index is 829. The van der Waals surface area contributed by atoms with Crippen molar-refractivity contribution in [3.63, 3.8) is 0 Å². The fraction of sp³-hybridized carbons (Fsp3) is 0.906. The predicted molar refractivity (Wildman–Crippen MR) is 164 cm³/mol. The molecular formula is C32H58O14. The maximum atomic E-state index is 12.0. The first kappa shape index (κ1) is 40.9. The molecule has 0 amide bonds. The van der Waals surface area contributed by atoms with Crippen molar-refractivity contribution >= 4 is 5.97 Å². The second kappa shape index (κ2) is 23.1. The Morgan fingerprint density at radius 3 is 1.89 bits per heavy atom. The fourth-order valence-corrected chi connectivity index (χ4v) is 5.12. The average molecular weight is 667 g/mol. The highest BCUT2D eigenvalue weighted by atomic mass is 16.7. The minimum Gasteiger partial charge on any atom is -0.457 e. The van der Waals surface area contributed by atoms with Crippen molar-refractivity contribution in [2.75, 3.05) is 33.0 Å². The molecule has 11 unspecified atom stereocenters. The summed E-state index contributed by atoms with van der Waals surface area (Å²) in [6.45, 7) is 3.00. The standard InChI is InChI=1S/C32H58O14/c1-3-5-6-7-8-9-10-11-12-13-14-15-16-41-18-21(44-24(34)4-2)19-42-31-30(40)28(38)26(36)23(46-31)20-43-32-29(39)27(37)25(35)22(17-33)45-32/h7-8,21-23,25-33,35-40H,3-6,9-20H2,1-2H3/b8-7-. The van der Waals surface area contributed by atoms with E-state index in [0.717, 1.165) is 32.1 Å². The molecule has 0 saturated carbocycles. The van der Waals surface area contributed by atoms with E-state index in [0.29, 0.717) is 6.61 Å². The van der Waals surface area contributed by atoms with Gasteiger partial charge in [-0.25, -0.2) is 0 Å². The molecule has 14 heteroatoms. The van der Waals surface area contributed by atoms with E-state index in [9.17, 15) is 40.5 Å². The van der Waals surface area contributed by atoms with Gasteiger partial charge >= 0.3 is 5.97 Å². The van der Waals surface area contributed by atoms with Crippen LogP contribution in [0.4, 0.5) is 0 Å². The quantitative estimate of drug-likeness (QED) is 0.0448. The molecule has 0 bridgehead atoms. The highest BCUT2D eigenvalue weighted by molar-refractivity contribution is 5.69. The van der Waals surface area contributed by atoms with Gasteiger partial charge in [-0.2, -0.15) is 0 Å². The van der Waals surface area contributed by atoms with Crippen LogP contribution < -0.4 is 0 Å². The lowest BCUT2D eigenvalue weighted by Crippen LogP contribution is -2.61. The smallest absolute Gasteiger partial charge is 0.305 e. The molecule has 0 aromatic rings. The lowest BCUT2D eigenvalue weighted by molar-refractivity contribution is -0.332. The van der Waals surface area contributed by atoms with Crippen LogP contribution in [0.25, 0.3) is 0 Å². The summed E-state index contributed by atoms with van der Waals surface area (Å²) in [5.41, 5.74) is 0. The van der Waals surface area contributed by atoms with Crippen molar-refractivity contribution in [3.8, 4) is 0 Å². The lowest BCUT2D eigenvalue weighted by atomic mass is 9.98. The van der Waals surface area contributed by atoms with Crippen molar-refractivity contribution in [2.45, 2.75) is 152 Å². The van der Waals surface area contributed by atoms with Gasteiger partial charge < -0.3 is 64.2 Å². The lowest BCUT2D eigenvalue weighted by Gasteiger charge is -2.42. The van der Waals surface area contributed by atoms with Gasteiger partial charge in [-0.05, 0) is 25.7 Å². The molecule has 0 aromatic carbocycles. The number of unbranched alkanes of at least 4 members (excludes halogenated alkanes) is 8. The second-order valence-electron chi connectivity index (χ2n) is 11.9. The first-order valence-corrected chi connectivity index (χ1v) is 16.8. The number of aliphatic hydroxyl groups is 7. The van der Waals surface area contributed by atoms with Crippen molar-refractivity contribution in [3.05, 3.63) is 12.2 Å². The number of ether oxygens (including phenoxy) is 6. The number of hydrogen-bond acceptors (Lipinski definition) is 14. The molecular weight excluding hydrogens is 608 g/mol. The van der Waals surface area contributed by atoms with Gasteiger partial charge in [0, 0.05) is 13.0 Å². The highest BCUT2D eigenvalue weighted by Gasteiger charge is 2.47. The molecule has 7 N–H and O–H groups in total. The third-order valence-corrected chi connectivity index (χ3v) is 8.08. The summed E-state index contributed by atoms with van der Waals surface area (Å²) in [5, 5.41) is 70.8. The molecule has 270 valence electrons. The van der Waals surface area contributed by atoms with Gasteiger partial charge in [0.15, 0.2) is 12.6 Å². The summed E-state index contributed by atoms with van der Waals surface area (Å²) in [4.78, 5) is 12.0. The molecule has 2 rings (SSSR count). The number of carbonyl (C=O) groups is 1. The molecule has 0 spiro atoms. The Hall–Kier alpha value is -1.27. The third-order valence-electron chi connectivity index (χ3n) is 8.08. The average Bonchev–Trinajstić information content (AvgIpc) is 3.05. The number of rotatable bonds is 23. The SMILES string of the molecule is CCCC/C=C\CCCCCCCCOCC(COC1OC(COC2OC(CO)C(O)C(O)C2O)C(O)C(O)C1O)OC(=O)CC. The zero-order chi connectivity index (χ0) is 33.9. The molecule has 11 atom stereocenters. The number of aliphatic hydroxyl groups excluding tert-OH is 7. The molecule has 2 aliphatic heterocycles. The Balaban J connectivity index is 1.76. The normalized spacial score (nSPS) is 32.5. The van der Waals surface area contributed by atoms with E-state index in [1.165, 1.54) is 32.1 Å². The van der Waals surface area contributed by atoms with Gasteiger partial charge in [0.25, 0.3) is 0 Å². The maximum absolute atomic E-state index is 12.0. The van der Waals surface area contributed by atoms with E-state index < -0.39 is 86.7 Å². The van der Waals surface area contributed by atoms with Crippen molar-refractivity contribution < 1.29 is 69.0 Å². The summed E-state index contributed by atoms with van der Waals surface area (Å²) in [5.74, 6) is -0.469. The third kappa shape index (κ3) is 14.1. The van der Waals surface area contributed by atoms with Crippen LogP contribution in [-0.2, 0) is 33.2 Å². The molecule has 2 fully saturated rings. The van der Waals surface area contributed by atoms with Crippen molar-refractivity contribution in [1.82, 2.24) is 0 Å². The minimum atomic E-state index is -1.70. The van der Waals surface area contributed by atoms with E-state index in [2.05, 4.69) is 19.1 Å². The van der Waals surface area contributed by atoms with Crippen molar-refractivity contribution in [1.29, 1.82) is 0 Å². The zero-order valence-corrected chi connectivity index (χ0v) is 27.3. The summed E-state index contributed by atoms with van der Waals surface area (Å²) >= 11 is 0. The Morgan fingerprint density at radius 2 is 1.26 bits per heavy atom. The molecule has 2 saturated heterocycles. The van der Waals surface area contributed by atoms with E-state index in [1.54, 1.807) is 6.92 Å². The van der Waals surface area contributed by atoms with Crippen LogP contribution in [0.2, 0.25) is 0 Å². The Kier molecular flexibility index (Phi) is 20.6. The van der Waals surface area contributed by atoms with Crippen LogP contribution in [0, 0.1) is 0 Å². The Labute approximate surface area is 272 Å². The van der Waals surface area contributed by atoms with Crippen LogP contribution in [0.1, 0.15) is 84.5 Å². The fourth-order valence-electron chi connectivity index (χ4n) is 5.12. The summed E-state index contributed by atoms with van der Waals surface area (Å²) < 4.78 is 33.1. The van der Waals surface area contributed by atoms with E-state index in [4.69, 9.17) is 28.4 Å². The van der Waals surface area contributed by atoms with E-state index in [1.807, 2.05) is 0 Å². The molecule has 14 nitrogen and oxygen atoms in total. The predicted octanol–water partition coefficient (Wildman–Crippen LogP) is 0.443. The van der Waals surface area contributed by atoms with Crippen LogP contribution >= 0.6 is 0 Å². The first-order chi connectivity index (χ1) is 22.1. The number of carbonyl (C=O) groups excluding carboxylic acids is 1.